The molecule has 5 heteroatoms. The summed E-state index contributed by atoms with van der Waals surface area (Å²) in [5, 5.41) is 3.54. The molecule has 0 aliphatic heterocycles. The van der Waals surface area contributed by atoms with Gasteiger partial charge in [0.2, 0.25) is 5.95 Å². The van der Waals surface area contributed by atoms with Crippen LogP contribution in [0.4, 0.5) is 5.95 Å². The fraction of sp³-hybridized carbons (Fsp3) is 0.786. The first-order chi connectivity index (χ1) is 8.84. The summed E-state index contributed by atoms with van der Waals surface area (Å²) in [6, 6.07) is 0.557. The highest BCUT2D eigenvalue weighted by Crippen LogP contribution is 2.11. The minimum Gasteiger partial charge on any atom is -0.348 e. The van der Waals surface area contributed by atoms with Gasteiger partial charge in [0.1, 0.15) is 0 Å². The van der Waals surface area contributed by atoms with Crippen LogP contribution in [0.1, 0.15) is 19.5 Å². The van der Waals surface area contributed by atoms with Gasteiger partial charge in [0, 0.05) is 40.3 Å². The summed E-state index contributed by atoms with van der Waals surface area (Å²) in [5.74, 6) is 1.64. The maximum absolute atomic E-state index is 4.42. The molecule has 1 aromatic heterocycles. The molecule has 0 radical (unpaired) electrons. The van der Waals surface area contributed by atoms with Crippen molar-refractivity contribution < 1.29 is 0 Å². The molecule has 0 aromatic carbocycles. The van der Waals surface area contributed by atoms with E-state index < -0.39 is 0 Å². The van der Waals surface area contributed by atoms with Crippen LogP contribution >= 0.6 is 0 Å². The van der Waals surface area contributed by atoms with Crippen LogP contribution in [0.25, 0.3) is 0 Å². The van der Waals surface area contributed by atoms with Crippen molar-refractivity contribution in [3.63, 3.8) is 0 Å². The van der Waals surface area contributed by atoms with Crippen LogP contribution < -0.4 is 10.2 Å². The van der Waals surface area contributed by atoms with E-state index in [-0.39, 0.29) is 0 Å². The highest BCUT2D eigenvalue weighted by atomic mass is 15.3. The van der Waals surface area contributed by atoms with Gasteiger partial charge in [-0.1, -0.05) is 13.8 Å². The molecule has 0 saturated carbocycles. The number of nitrogens with zero attached hydrogens (tertiary/aromatic N) is 4. The maximum atomic E-state index is 4.42. The SMILES string of the molecule is CC(C)C(CNCc1cnc(N(C)C)n1C)N(C)C. The molecule has 1 heterocycles. The second-order valence-electron chi connectivity index (χ2n) is 5.91. The third kappa shape index (κ3) is 4.21. The fourth-order valence-electron chi connectivity index (χ4n) is 2.38. The molecule has 0 saturated heterocycles. The van der Waals surface area contributed by atoms with Crippen molar-refractivity contribution in [3.8, 4) is 0 Å². The van der Waals surface area contributed by atoms with Gasteiger partial charge in [0.15, 0.2) is 0 Å². The van der Waals surface area contributed by atoms with Crippen LogP contribution in [0.5, 0.6) is 0 Å². The molecule has 1 atom stereocenters. The summed E-state index contributed by atoms with van der Waals surface area (Å²) in [6.07, 6.45) is 1.95. The van der Waals surface area contributed by atoms with E-state index in [9.17, 15) is 0 Å². The smallest absolute Gasteiger partial charge is 0.204 e. The number of hydrogen-bond donors (Lipinski definition) is 1. The Balaban J connectivity index is 2.53. The lowest BCUT2D eigenvalue weighted by atomic mass is 10.0. The third-order valence-corrected chi connectivity index (χ3v) is 3.55. The van der Waals surface area contributed by atoms with Gasteiger partial charge in [-0.15, -0.1) is 0 Å². The van der Waals surface area contributed by atoms with E-state index in [1.54, 1.807) is 0 Å². The molecule has 0 amide bonds. The lowest BCUT2D eigenvalue weighted by molar-refractivity contribution is 0.224. The Morgan fingerprint density at radius 3 is 2.32 bits per heavy atom. The molecule has 1 unspecified atom stereocenters. The predicted molar refractivity (Wildman–Crippen MR) is 81.6 cm³/mol. The highest BCUT2D eigenvalue weighted by molar-refractivity contribution is 5.30. The largest absolute Gasteiger partial charge is 0.348 e. The number of aromatic nitrogens is 2. The molecule has 1 N–H and O–H groups in total. The van der Waals surface area contributed by atoms with Crippen molar-refractivity contribution in [1.29, 1.82) is 0 Å². The Hall–Kier alpha value is -1.07. The summed E-state index contributed by atoms with van der Waals surface area (Å²) in [7, 11) is 10.4. The van der Waals surface area contributed by atoms with Crippen molar-refractivity contribution in [2.75, 3.05) is 39.6 Å². The Morgan fingerprint density at radius 2 is 1.89 bits per heavy atom. The van der Waals surface area contributed by atoms with E-state index in [1.807, 2.05) is 25.2 Å². The van der Waals surface area contributed by atoms with E-state index in [0.29, 0.717) is 12.0 Å². The summed E-state index contributed by atoms with van der Waals surface area (Å²) < 4.78 is 2.13. The zero-order valence-corrected chi connectivity index (χ0v) is 13.4. The number of rotatable bonds is 7. The second-order valence-corrected chi connectivity index (χ2v) is 5.91. The molecule has 1 rings (SSSR count). The molecule has 5 nitrogen and oxygen atoms in total. The second kappa shape index (κ2) is 6.91. The predicted octanol–water partition coefficient (Wildman–Crippen LogP) is 1.16. The van der Waals surface area contributed by atoms with Crippen molar-refractivity contribution >= 4 is 5.95 Å². The number of hydrogen-bond acceptors (Lipinski definition) is 4. The quantitative estimate of drug-likeness (QED) is 0.804. The average molecular weight is 267 g/mol. The molecular formula is C14H29N5. The number of likely N-dealkylation sites (N-methyl/N-ethyl adjacent to an activating group) is 1. The number of anilines is 1. The van der Waals surface area contributed by atoms with Crippen LogP contribution in [-0.2, 0) is 13.6 Å². The maximum Gasteiger partial charge on any atom is 0.204 e. The zero-order valence-electron chi connectivity index (χ0n) is 13.4. The monoisotopic (exact) mass is 267 g/mol. The Labute approximate surface area is 117 Å². The Bertz CT molecular complexity index is 373. The van der Waals surface area contributed by atoms with Gasteiger partial charge in [0.05, 0.1) is 11.9 Å². The third-order valence-electron chi connectivity index (χ3n) is 3.55. The first-order valence-corrected chi connectivity index (χ1v) is 6.89. The molecule has 19 heavy (non-hydrogen) atoms. The first-order valence-electron chi connectivity index (χ1n) is 6.89. The van der Waals surface area contributed by atoms with Crippen molar-refractivity contribution in [1.82, 2.24) is 19.8 Å². The van der Waals surface area contributed by atoms with Crippen LogP contribution in [0.3, 0.4) is 0 Å². The van der Waals surface area contributed by atoms with Gasteiger partial charge in [-0.25, -0.2) is 4.98 Å². The van der Waals surface area contributed by atoms with Gasteiger partial charge in [-0.05, 0) is 20.0 Å². The van der Waals surface area contributed by atoms with Gasteiger partial charge >= 0.3 is 0 Å². The van der Waals surface area contributed by atoms with Gasteiger partial charge < -0.3 is 19.7 Å². The molecule has 0 aliphatic rings. The lowest BCUT2D eigenvalue weighted by Crippen LogP contribution is -2.41. The van der Waals surface area contributed by atoms with Gasteiger partial charge in [-0.2, -0.15) is 0 Å². The van der Waals surface area contributed by atoms with E-state index in [0.717, 1.165) is 19.0 Å². The Kier molecular flexibility index (Phi) is 5.82. The molecule has 110 valence electrons. The highest BCUT2D eigenvalue weighted by Gasteiger charge is 2.15. The normalized spacial score (nSPS) is 13.3. The van der Waals surface area contributed by atoms with E-state index in [2.05, 4.69) is 54.8 Å². The van der Waals surface area contributed by atoms with E-state index >= 15 is 0 Å². The first kappa shape index (κ1) is 16.0. The summed E-state index contributed by atoms with van der Waals surface area (Å²) in [5.41, 5.74) is 1.21. The minimum atomic E-state index is 0.557. The van der Waals surface area contributed by atoms with Crippen LogP contribution in [-0.4, -0.2) is 55.2 Å². The molecule has 1 aromatic rings. The summed E-state index contributed by atoms with van der Waals surface area (Å²) in [4.78, 5) is 8.73. The van der Waals surface area contributed by atoms with Crippen molar-refractivity contribution in [3.05, 3.63) is 11.9 Å². The van der Waals surface area contributed by atoms with E-state index in [4.69, 9.17) is 0 Å². The topological polar surface area (TPSA) is 36.3 Å². The zero-order chi connectivity index (χ0) is 14.6. The standard InChI is InChI=1S/C14H29N5/c1-11(2)13(17(3)4)10-15-8-12-9-16-14(18(5)6)19(12)7/h9,11,13,15H,8,10H2,1-7H3. The number of imidazole rings is 1. The minimum absolute atomic E-state index is 0.557. The van der Waals surface area contributed by atoms with Gasteiger partial charge in [-0.3, -0.25) is 0 Å². The van der Waals surface area contributed by atoms with Crippen LogP contribution in [0, 0.1) is 5.92 Å². The summed E-state index contributed by atoms with van der Waals surface area (Å²) >= 11 is 0. The van der Waals surface area contributed by atoms with Crippen LogP contribution in [0.15, 0.2) is 6.20 Å². The Morgan fingerprint density at radius 1 is 1.26 bits per heavy atom. The molecular weight excluding hydrogens is 238 g/mol. The average Bonchev–Trinajstić information content (AvgIpc) is 2.65. The van der Waals surface area contributed by atoms with E-state index in [1.165, 1.54) is 5.69 Å². The lowest BCUT2D eigenvalue weighted by Gasteiger charge is -2.28. The van der Waals surface area contributed by atoms with Gasteiger partial charge in [0.25, 0.3) is 0 Å². The molecule has 0 spiro atoms. The van der Waals surface area contributed by atoms with Crippen molar-refractivity contribution in [2.45, 2.75) is 26.4 Å². The van der Waals surface area contributed by atoms with Crippen LogP contribution in [0.2, 0.25) is 0 Å². The fourth-order valence-corrected chi connectivity index (χ4v) is 2.38. The number of nitrogens with one attached hydrogen (secondary N) is 1. The summed E-state index contributed by atoms with van der Waals surface area (Å²) in [6.45, 7) is 6.38. The molecule has 0 fully saturated rings. The van der Waals surface area contributed by atoms with Crippen molar-refractivity contribution in [2.24, 2.45) is 13.0 Å². The molecule has 0 bridgehead atoms. The molecule has 0 aliphatic carbocycles.